The summed E-state index contributed by atoms with van der Waals surface area (Å²) >= 11 is 0. The van der Waals surface area contributed by atoms with Crippen LogP contribution in [0.1, 0.15) is 0 Å². The van der Waals surface area contributed by atoms with Gasteiger partial charge in [0.1, 0.15) is 5.58 Å². The Hall–Kier alpha value is -7.72. The first-order valence-corrected chi connectivity index (χ1v) is 22.9. The van der Waals surface area contributed by atoms with Gasteiger partial charge in [-0.15, -0.1) is 0 Å². The van der Waals surface area contributed by atoms with E-state index in [-0.39, 0.29) is 0 Å². The largest absolute Gasteiger partial charge is 0.453 e. The van der Waals surface area contributed by atoms with E-state index in [9.17, 15) is 0 Å². The number of para-hydroxylation sites is 1. The van der Waals surface area contributed by atoms with Gasteiger partial charge in [0.15, 0.2) is 13.7 Å². The van der Waals surface area contributed by atoms with E-state index in [1.165, 1.54) is 42.6 Å². The van der Waals surface area contributed by atoms with Crippen LogP contribution in [0.4, 0.5) is 17.1 Å². The lowest BCUT2D eigenvalue weighted by molar-refractivity contribution is 0.670. The Morgan fingerprint density at radius 1 is 0.328 bits per heavy atom. The molecule has 0 bridgehead atoms. The van der Waals surface area contributed by atoms with Gasteiger partial charge in [-0.1, -0.05) is 212 Å². The summed E-state index contributed by atoms with van der Waals surface area (Å²) < 4.78 is 7.21. The highest BCUT2D eigenvalue weighted by Crippen LogP contribution is 2.46. The Labute approximate surface area is 357 Å². The Morgan fingerprint density at radius 2 is 0.770 bits per heavy atom. The van der Waals surface area contributed by atoms with Crippen LogP contribution < -0.4 is 25.6 Å². The van der Waals surface area contributed by atoms with Crippen LogP contribution in [-0.2, 0) is 0 Å². The SMILES string of the molecule is c1ccc(-c2ccc(N(c3ccc([Si](c4ccccc4)(c4ccccc4)c4ccccc4)cc3)c3cccc4c3oc3c(-c5ccccc5)cc5ccccc5c34)cc2)cc1. The molecule has 288 valence electrons. The molecule has 0 atom stereocenters. The fourth-order valence-electron chi connectivity index (χ4n) is 9.43. The molecule has 0 radical (unpaired) electrons. The molecule has 1 aromatic heterocycles. The second kappa shape index (κ2) is 15.5. The molecular weight excluding hydrogens is 755 g/mol. The van der Waals surface area contributed by atoms with Gasteiger partial charge in [-0.2, -0.15) is 0 Å². The predicted octanol–water partition coefficient (Wildman–Crippen LogP) is 12.9. The molecule has 3 heteroatoms. The summed E-state index contributed by atoms with van der Waals surface area (Å²) in [5.41, 5.74) is 9.40. The maximum atomic E-state index is 7.21. The third-order valence-corrected chi connectivity index (χ3v) is 17.0. The van der Waals surface area contributed by atoms with Gasteiger partial charge in [0, 0.05) is 27.7 Å². The van der Waals surface area contributed by atoms with Crippen molar-refractivity contribution >= 4 is 78.6 Å². The van der Waals surface area contributed by atoms with Gasteiger partial charge >= 0.3 is 0 Å². The van der Waals surface area contributed by atoms with Crippen molar-refractivity contribution in [2.75, 3.05) is 4.90 Å². The van der Waals surface area contributed by atoms with E-state index in [2.05, 4.69) is 254 Å². The Balaban J connectivity index is 1.15. The van der Waals surface area contributed by atoms with Gasteiger partial charge in [0.2, 0.25) is 0 Å². The highest BCUT2D eigenvalue weighted by Gasteiger charge is 2.41. The molecule has 61 heavy (non-hydrogen) atoms. The van der Waals surface area contributed by atoms with Gasteiger partial charge in [-0.25, -0.2) is 0 Å². The van der Waals surface area contributed by atoms with Crippen LogP contribution in [0.25, 0.3) is 55.0 Å². The molecule has 0 N–H and O–H groups in total. The first-order valence-electron chi connectivity index (χ1n) is 20.9. The van der Waals surface area contributed by atoms with E-state index < -0.39 is 8.07 Å². The molecule has 0 fully saturated rings. The highest BCUT2D eigenvalue weighted by atomic mass is 28.3. The number of hydrogen-bond acceptors (Lipinski definition) is 2. The number of rotatable bonds is 9. The van der Waals surface area contributed by atoms with E-state index in [0.717, 1.165) is 50.1 Å². The highest BCUT2D eigenvalue weighted by molar-refractivity contribution is 7.19. The number of anilines is 3. The third-order valence-electron chi connectivity index (χ3n) is 12.2. The zero-order valence-electron chi connectivity index (χ0n) is 33.5. The molecule has 0 aliphatic rings. The molecule has 0 unspecified atom stereocenters. The van der Waals surface area contributed by atoms with E-state index in [4.69, 9.17) is 4.42 Å². The molecule has 10 aromatic carbocycles. The van der Waals surface area contributed by atoms with E-state index >= 15 is 0 Å². The van der Waals surface area contributed by atoms with Crippen molar-refractivity contribution in [3.8, 4) is 22.3 Å². The molecule has 0 saturated heterocycles. The molecule has 0 saturated carbocycles. The molecule has 2 nitrogen and oxygen atoms in total. The maximum absolute atomic E-state index is 7.21. The fraction of sp³-hybridized carbons (Fsp3) is 0. The van der Waals surface area contributed by atoms with Gasteiger partial charge in [0.05, 0.1) is 5.69 Å². The molecule has 0 amide bonds. The van der Waals surface area contributed by atoms with Gasteiger partial charge in [-0.3, -0.25) is 0 Å². The first kappa shape index (κ1) is 36.4. The van der Waals surface area contributed by atoms with Crippen LogP contribution in [0.5, 0.6) is 0 Å². The van der Waals surface area contributed by atoms with Gasteiger partial charge < -0.3 is 9.32 Å². The van der Waals surface area contributed by atoms with Crippen molar-refractivity contribution in [1.82, 2.24) is 0 Å². The summed E-state index contributed by atoms with van der Waals surface area (Å²) in [7, 11) is -2.73. The summed E-state index contributed by atoms with van der Waals surface area (Å²) in [5.74, 6) is 0. The minimum absolute atomic E-state index is 0.851. The molecule has 1 heterocycles. The van der Waals surface area contributed by atoms with Crippen molar-refractivity contribution in [2.45, 2.75) is 0 Å². The normalized spacial score (nSPS) is 11.6. The van der Waals surface area contributed by atoms with E-state index in [0.29, 0.717) is 0 Å². The van der Waals surface area contributed by atoms with Gasteiger partial charge in [0.25, 0.3) is 0 Å². The van der Waals surface area contributed by atoms with Crippen LogP contribution in [0.3, 0.4) is 0 Å². The van der Waals surface area contributed by atoms with Crippen molar-refractivity contribution in [3.63, 3.8) is 0 Å². The summed E-state index contributed by atoms with van der Waals surface area (Å²) in [4.78, 5) is 2.37. The second-order valence-electron chi connectivity index (χ2n) is 15.6. The van der Waals surface area contributed by atoms with E-state index in [1.54, 1.807) is 0 Å². The summed E-state index contributed by atoms with van der Waals surface area (Å²) in [6.07, 6.45) is 0. The summed E-state index contributed by atoms with van der Waals surface area (Å²) in [5, 5.41) is 9.96. The number of hydrogen-bond donors (Lipinski definition) is 0. The topological polar surface area (TPSA) is 16.4 Å². The first-order chi connectivity index (χ1) is 30.3. The zero-order valence-corrected chi connectivity index (χ0v) is 34.5. The maximum Gasteiger partial charge on any atom is 0.179 e. The standard InChI is InChI=1S/C58H41NOSi/c1-6-19-42(20-7-1)43-33-35-46(36-34-43)59(55-32-18-31-53-56-52-30-17-16-23-45(52)41-54(58(56)60-57(53)55)44-21-8-2-9-22-44)47-37-39-51(40-38-47)61(48-24-10-3-11-25-48,49-26-12-4-13-27-49)50-28-14-5-15-29-50/h1-41H. The number of fused-ring (bicyclic) bond motifs is 5. The van der Waals surface area contributed by atoms with Crippen molar-refractivity contribution in [3.05, 3.63) is 249 Å². The molecule has 11 rings (SSSR count). The average Bonchev–Trinajstić information content (AvgIpc) is 3.75. The Kier molecular flexibility index (Phi) is 9.22. The fourth-order valence-corrected chi connectivity index (χ4v) is 14.2. The minimum Gasteiger partial charge on any atom is -0.453 e. The molecule has 0 aliphatic heterocycles. The lowest BCUT2D eigenvalue weighted by Gasteiger charge is -2.35. The number of benzene rings is 10. The van der Waals surface area contributed by atoms with Crippen molar-refractivity contribution < 1.29 is 4.42 Å². The minimum atomic E-state index is -2.73. The predicted molar refractivity (Wildman–Crippen MR) is 260 cm³/mol. The van der Waals surface area contributed by atoms with Crippen LogP contribution in [0.2, 0.25) is 0 Å². The van der Waals surface area contributed by atoms with Crippen LogP contribution in [-0.4, -0.2) is 8.07 Å². The molecule has 11 aromatic rings. The average molecular weight is 796 g/mol. The Bertz CT molecular complexity index is 3160. The number of furan rings is 1. The van der Waals surface area contributed by atoms with Crippen LogP contribution in [0.15, 0.2) is 253 Å². The zero-order chi connectivity index (χ0) is 40.6. The second-order valence-corrected chi connectivity index (χ2v) is 19.4. The summed E-state index contributed by atoms with van der Waals surface area (Å²) in [6.45, 7) is 0. The lowest BCUT2D eigenvalue weighted by atomic mass is 9.96. The summed E-state index contributed by atoms with van der Waals surface area (Å²) in [6, 6.07) is 90.3. The third kappa shape index (κ3) is 6.26. The van der Waals surface area contributed by atoms with Crippen molar-refractivity contribution in [1.29, 1.82) is 0 Å². The quantitative estimate of drug-likeness (QED) is 0.107. The monoisotopic (exact) mass is 795 g/mol. The van der Waals surface area contributed by atoms with Crippen molar-refractivity contribution in [2.24, 2.45) is 0 Å². The Morgan fingerprint density at radius 3 is 1.34 bits per heavy atom. The molecule has 0 aliphatic carbocycles. The van der Waals surface area contributed by atoms with E-state index in [1.807, 2.05) is 0 Å². The van der Waals surface area contributed by atoms with Crippen LogP contribution in [0, 0.1) is 0 Å². The van der Waals surface area contributed by atoms with Crippen LogP contribution >= 0.6 is 0 Å². The smallest absolute Gasteiger partial charge is 0.179 e. The number of nitrogens with zero attached hydrogens (tertiary/aromatic N) is 1. The molecule has 0 spiro atoms. The molecular formula is C58H41NOSi. The lowest BCUT2D eigenvalue weighted by Crippen LogP contribution is -2.74. The van der Waals surface area contributed by atoms with Gasteiger partial charge in [-0.05, 0) is 84.6 Å².